The molecule has 57 heavy (non-hydrogen) atoms. The fourth-order valence-electron chi connectivity index (χ4n) is 8.04. The zero-order valence-electron chi connectivity index (χ0n) is 32.9. The highest BCUT2D eigenvalue weighted by atomic mass is 16.5. The number of ketones is 2. The quantitative estimate of drug-likeness (QED) is 0.109. The van der Waals surface area contributed by atoms with E-state index >= 15 is 0 Å². The minimum atomic E-state index is -1.15. The van der Waals surface area contributed by atoms with Crippen molar-refractivity contribution >= 4 is 56.2 Å². The number of methoxy groups -OCH3 is 2. The van der Waals surface area contributed by atoms with Crippen molar-refractivity contribution < 1.29 is 23.8 Å². The predicted molar refractivity (Wildman–Crippen MR) is 222 cm³/mol. The number of anilines is 2. The Bertz CT molecular complexity index is 2540. The van der Waals surface area contributed by atoms with E-state index in [0.717, 1.165) is 33.3 Å². The van der Waals surface area contributed by atoms with Gasteiger partial charge >= 0.3 is 0 Å². The summed E-state index contributed by atoms with van der Waals surface area (Å²) < 4.78 is 17.8. The third-order valence-corrected chi connectivity index (χ3v) is 11.0. The monoisotopic (exact) mass is 766 g/mol. The number of benzene rings is 4. The Morgan fingerprint density at radius 3 is 1.93 bits per heavy atom. The molecule has 4 heterocycles. The summed E-state index contributed by atoms with van der Waals surface area (Å²) in [5, 5.41) is 0. The van der Waals surface area contributed by atoms with Gasteiger partial charge in [0.2, 0.25) is 0 Å². The highest BCUT2D eigenvalue weighted by Gasteiger charge is 2.53. The normalized spacial score (nSPS) is 17.5. The molecule has 2 aromatic heterocycles. The van der Waals surface area contributed by atoms with Gasteiger partial charge in [-0.15, -0.1) is 0 Å². The van der Waals surface area contributed by atoms with E-state index in [9.17, 15) is 9.59 Å². The van der Waals surface area contributed by atoms with Crippen LogP contribution in [0.2, 0.25) is 0 Å². The molecule has 0 saturated heterocycles. The van der Waals surface area contributed by atoms with Gasteiger partial charge in [-0.2, -0.15) is 0 Å². The minimum Gasteiger partial charge on any atom is -0.497 e. The molecule has 0 bridgehead atoms. The molecule has 292 valence electrons. The van der Waals surface area contributed by atoms with Crippen LogP contribution < -0.4 is 35.5 Å². The smallest absolute Gasteiger partial charge is 0.196 e. The SMILES string of the molecule is CCC1(CCOc2ccc(C(C)(C)C)c(N3CC(=O)C(c4nc5ccccc5[nH]4)=C3N)c2)C(=O)C(c2nc3ccccc3[nH]2)=C(N)N1c1cc(OC)cc(OC)c1. The van der Waals surface area contributed by atoms with E-state index in [-0.39, 0.29) is 42.4 Å². The van der Waals surface area contributed by atoms with Gasteiger partial charge in [0.1, 0.15) is 57.2 Å². The number of nitrogens with zero attached hydrogens (tertiary/aromatic N) is 4. The standard InChI is InChI=1S/C44H46N8O5/c1-7-44(38(54)37(42-49-32-14-10-11-15-33(32)50-42)40(46)52(44)25-20-27(55-5)22-28(21-25)56-6)18-19-57-26-16-17-29(43(2,3)4)34(23-26)51-24-35(53)36(39(51)45)41-47-30-12-8-9-13-31(30)48-41/h8-17,20-23H,7,18-19,24,45-46H2,1-6H3,(H,47,48)(H,49,50). The lowest BCUT2D eigenvalue weighted by atomic mass is 9.85. The highest BCUT2D eigenvalue weighted by molar-refractivity contribution is 6.30. The van der Waals surface area contributed by atoms with Gasteiger partial charge in [-0.1, -0.05) is 58.0 Å². The van der Waals surface area contributed by atoms with E-state index in [0.29, 0.717) is 58.0 Å². The third kappa shape index (κ3) is 6.28. The van der Waals surface area contributed by atoms with E-state index in [1.165, 1.54) is 0 Å². The number of carbonyl (C=O) groups excluding carboxylic acids is 2. The number of fused-ring (bicyclic) bond motifs is 2. The van der Waals surface area contributed by atoms with E-state index in [4.69, 9.17) is 30.7 Å². The molecular formula is C44H46N8O5. The molecule has 2 aliphatic rings. The molecule has 6 N–H and O–H groups in total. The predicted octanol–water partition coefficient (Wildman–Crippen LogP) is 6.81. The summed E-state index contributed by atoms with van der Waals surface area (Å²) in [6.07, 6.45) is 0.665. The number of aromatic nitrogens is 4. The Kier molecular flexibility index (Phi) is 9.18. The van der Waals surface area contributed by atoms with Gasteiger partial charge < -0.3 is 45.4 Å². The van der Waals surface area contributed by atoms with Crippen LogP contribution in [0.15, 0.2) is 96.6 Å². The molecule has 0 spiro atoms. The van der Waals surface area contributed by atoms with Crippen LogP contribution in [0.5, 0.6) is 17.2 Å². The number of rotatable bonds is 11. The molecule has 4 aromatic carbocycles. The van der Waals surface area contributed by atoms with Crippen molar-refractivity contribution in [2.45, 2.75) is 51.5 Å². The maximum atomic E-state index is 14.9. The summed E-state index contributed by atoms with van der Waals surface area (Å²) in [7, 11) is 3.15. The molecule has 13 heteroatoms. The molecular weight excluding hydrogens is 721 g/mol. The van der Waals surface area contributed by atoms with Gasteiger partial charge in [0.15, 0.2) is 11.6 Å². The van der Waals surface area contributed by atoms with Crippen LogP contribution in [0.1, 0.15) is 57.7 Å². The van der Waals surface area contributed by atoms with Gasteiger partial charge in [-0.05, 0) is 47.7 Å². The van der Waals surface area contributed by atoms with E-state index in [1.807, 2.05) is 95.6 Å². The molecule has 6 aromatic rings. The Hall–Kier alpha value is -6.76. The second-order valence-electron chi connectivity index (χ2n) is 15.4. The summed E-state index contributed by atoms with van der Waals surface area (Å²) in [6.45, 7) is 8.50. The Morgan fingerprint density at radius 1 is 0.772 bits per heavy atom. The summed E-state index contributed by atoms with van der Waals surface area (Å²) >= 11 is 0. The van der Waals surface area contributed by atoms with Gasteiger partial charge in [0, 0.05) is 30.7 Å². The highest BCUT2D eigenvalue weighted by Crippen LogP contribution is 2.46. The molecule has 0 fully saturated rings. The van der Waals surface area contributed by atoms with E-state index in [1.54, 1.807) is 20.3 Å². The van der Waals surface area contributed by atoms with Crippen LogP contribution in [0.4, 0.5) is 11.4 Å². The molecule has 8 rings (SSSR count). The molecule has 1 atom stereocenters. The second kappa shape index (κ2) is 14.1. The molecule has 0 saturated carbocycles. The number of carbonyl (C=O) groups is 2. The Morgan fingerprint density at radius 2 is 1.37 bits per heavy atom. The van der Waals surface area contributed by atoms with Crippen LogP contribution in [0.3, 0.4) is 0 Å². The molecule has 0 radical (unpaired) electrons. The molecule has 2 aliphatic heterocycles. The summed E-state index contributed by atoms with van der Waals surface area (Å²) in [5.41, 5.74) is 18.5. The first kappa shape index (κ1) is 37.2. The zero-order valence-corrected chi connectivity index (χ0v) is 32.9. The van der Waals surface area contributed by atoms with Crippen LogP contribution >= 0.6 is 0 Å². The minimum absolute atomic E-state index is 0.0483. The molecule has 1 unspecified atom stereocenters. The number of ether oxygens (including phenoxy) is 3. The van der Waals surface area contributed by atoms with Gasteiger partial charge in [-0.25, -0.2) is 9.97 Å². The second-order valence-corrected chi connectivity index (χ2v) is 15.4. The fourth-order valence-corrected chi connectivity index (χ4v) is 8.04. The fraction of sp³-hybridized carbons (Fsp3) is 0.273. The van der Waals surface area contributed by atoms with Crippen LogP contribution in [0, 0.1) is 0 Å². The lowest BCUT2D eigenvalue weighted by Crippen LogP contribution is -2.51. The summed E-state index contributed by atoms with van der Waals surface area (Å²) in [4.78, 5) is 48.2. The average Bonchev–Trinajstić information content (AvgIpc) is 3.94. The van der Waals surface area contributed by atoms with Crippen molar-refractivity contribution in [1.82, 2.24) is 19.9 Å². The van der Waals surface area contributed by atoms with Crippen molar-refractivity contribution in [3.8, 4) is 17.2 Å². The number of H-pyrrole nitrogens is 2. The number of aromatic amines is 2. The Labute approximate surface area is 330 Å². The van der Waals surface area contributed by atoms with Gasteiger partial charge in [0.25, 0.3) is 0 Å². The number of hydrogen-bond donors (Lipinski definition) is 4. The van der Waals surface area contributed by atoms with E-state index in [2.05, 4.69) is 35.7 Å². The first-order valence-corrected chi connectivity index (χ1v) is 18.9. The third-order valence-electron chi connectivity index (χ3n) is 11.0. The number of imidazole rings is 2. The molecule has 0 aliphatic carbocycles. The van der Waals surface area contributed by atoms with Crippen molar-refractivity contribution in [3.05, 3.63) is 114 Å². The first-order valence-electron chi connectivity index (χ1n) is 18.9. The Balaban J connectivity index is 1.14. The van der Waals surface area contributed by atoms with Gasteiger partial charge in [-0.3, -0.25) is 9.59 Å². The maximum Gasteiger partial charge on any atom is 0.196 e. The van der Waals surface area contributed by atoms with Crippen molar-refractivity contribution in [1.29, 1.82) is 0 Å². The maximum absolute atomic E-state index is 14.9. The lowest BCUT2D eigenvalue weighted by Gasteiger charge is -2.39. The lowest BCUT2D eigenvalue weighted by molar-refractivity contribution is -0.118. The van der Waals surface area contributed by atoms with Crippen LogP contribution in [-0.4, -0.2) is 64.4 Å². The summed E-state index contributed by atoms with van der Waals surface area (Å²) in [6, 6.07) is 26.5. The van der Waals surface area contributed by atoms with Crippen molar-refractivity contribution in [2.75, 3.05) is 37.2 Å². The molecule has 0 amide bonds. The largest absolute Gasteiger partial charge is 0.497 e. The van der Waals surface area contributed by atoms with Crippen molar-refractivity contribution in [2.24, 2.45) is 11.5 Å². The van der Waals surface area contributed by atoms with Crippen LogP contribution in [0.25, 0.3) is 33.2 Å². The number of nitrogens with one attached hydrogen (secondary N) is 2. The number of hydrogen-bond acceptors (Lipinski definition) is 11. The first-order chi connectivity index (χ1) is 27.4. The van der Waals surface area contributed by atoms with E-state index < -0.39 is 5.54 Å². The average molecular weight is 767 g/mol. The molecule has 13 nitrogen and oxygen atoms in total. The number of nitrogens with two attached hydrogens (primary N) is 2. The van der Waals surface area contributed by atoms with Gasteiger partial charge in [0.05, 0.1) is 60.8 Å². The number of Topliss-reactive ketones (excluding diaryl/α,β-unsaturated/α-hetero) is 2. The van der Waals surface area contributed by atoms with Crippen LogP contribution in [-0.2, 0) is 15.0 Å². The zero-order chi connectivity index (χ0) is 40.2. The topological polar surface area (TPSA) is 178 Å². The summed E-state index contributed by atoms with van der Waals surface area (Å²) in [5.74, 6) is 2.74. The van der Waals surface area contributed by atoms with Crippen molar-refractivity contribution in [3.63, 3.8) is 0 Å². The number of para-hydroxylation sites is 4.